The second-order valence-electron chi connectivity index (χ2n) is 5.99. The Hall–Kier alpha value is -3.67. The minimum atomic E-state index is -0.425. The van der Waals surface area contributed by atoms with Gasteiger partial charge in [-0.15, -0.1) is 14.2 Å². The maximum absolute atomic E-state index is 14.1. The minimum absolute atomic E-state index is 0.198. The molecular weight excluding hydrogens is 347 g/mol. The van der Waals surface area contributed by atoms with Crippen molar-refractivity contribution in [1.29, 1.82) is 5.26 Å². The van der Waals surface area contributed by atoms with E-state index in [1.807, 2.05) is 10.8 Å². The average Bonchev–Trinajstić information content (AvgIpc) is 3.31. The highest BCUT2D eigenvalue weighted by molar-refractivity contribution is 5.51. The average molecular weight is 363 g/mol. The molecule has 0 radical (unpaired) electrons. The Morgan fingerprint density at radius 3 is 2.89 bits per heavy atom. The van der Waals surface area contributed by atoms with E-state index < -0.39 is 5.82 Å². The molecule has 4 aromatic heterocycles. The number of pyridine rings is 1. The molecule has 4 heterocycles. The number of nitriles is 1. The zero-order valence-electron chi connectivity index (χ0n) is 14.6. The summed E-state index contributed by atoms with van der Waals surface area (Å²) in [6.45, 7) is 2.47. The van der Waals surface area contributed by atoms with Crippen LogP contribution in [0.1, 0.15) is 24.6 Å². The summed E-state index contributed by atoms with van der Waals surface area (Å²) in [7, 11) is 0. The highest BCUT2D eigenvalue weighted by atomic mass is 19.1. The van der Waals surface area contributed by atoms with Gasteiger partial charge in [0.05, 0.1) is 12.1 Å². The summed E-state index contributed by atoms with van der Waals surface area (Å²) >= 11 is 0. The zero-order chi connectivity index (χ0) is 18.8. The summed E-state index contributed by atoms with van der Waals surface area (Å²) in [6.07, 6.45) is 11.6. The highest BCUT2D eigenvalue weighted by Gasteiger charge is 2.21. The van der Waals surface area contributed by atoms with Crippen LogP contribution >= 0.6 is 0 Å². The molecule has 0 bridgehead atoms. The van der Waals surface area contributed by atoms with Gasteiger partial charge >= 0.3 is 0 Å². The zero-order valence-corrected chi connectivity index (χ0v) is 14.6. The van der Waals surface area contributed by atoms with Gasteiger partial charge in [-0.25, -0.2) is 14.4 Å². The second-order valence-corrected chi connectivity index (χ2v) is 5.99. The van der Waals surface area contributed by atoms with E-state index in [0.29, 0.717) is 18.0 Å². The molecule has 0 amide bonds. The standard InChI is InChI=1S/C18H16FN8/c1-2-4-13-15(23-12-27-17(13)24-11-26(27)10-20)9-25-8-7-22-18(25)16-14(19)5-3-6-21-16/h3,5-8,11-12H,2,4,9H2,1H3/q+1. The van der Waals surface area contributed by atoms with Crippen molar-refractivity contribution < 1.29 is 8.91 Å². The Balaban J connectivity index is 1.79. The molecule has 0 aliphatic carbocycles. The third-order valence-electron chi connectivity index (χ3n) is 4.29. The van der Waals surface area contributed by atoms with Crippen LogP contribution in [-0.4, -0.2) is 29.2 Å². The molecule has 0 aliphatic rings. The number of nitrogens with zero attached hydrogens (tertiary/aromatic N) is 8. The predicted octanol–water partition coefficient (Wildman–Crippen LogP) is 1.74. The fraction of sp³-hybridized carbons (Fsp3) is 0.222. The summed E-state index contributed by atoms with van der Waals surface area (Å²) in [5.74, 6) is 0.0121. The number of rotatable bonds is 5. The maximum atomic E-state index is 14.1. The number of fused-ring (bicyclic) bond motifs is 1. The number of hydrogen-bond acceptors (Lipinski definition) is 5. The minimum Gasteiger partial charge on any atom is -0.322 e. The monoisotopic (exact) mass is 363 g/mol. The molecule has 8 nitrogen and oxygen atoms in total. The van der Waals surface area contributed by atoms with Gasteiger partial charge in [0, 0.05) is 18.6 Å². The van der Waals surface area contributed by atoms with Crippen molar-refractivity contribution in [3.63, 3.8) is 0 Å². The largest absolute Gasteiger partial charge is 0.322 e. The maximum Gasteiger partial charge on any atom is 0.294 e. The van der Waals surface area contributed by atoms with Crippen molar-refractivity contribution in [2.24, 2.45) is 0 Å². The fourth-order valence-electron chi connectivity index (χ4n) is 3.07. The van der Waals surface area contributed by atoms with Crippen LogP contribution < -0.4 is 4.52 Å². The molecular formula is C18H16FN8+. The van der Waals surface area contributed by atoms with Gasteiger partial charge in [-0.3, -0.25) is 0 Å². The van der Waals surface area contributed by atoms with E-state index in [-0.39, 0.29) is 5.69 Å². The Bertz CT molecular complexity index is 1150. The Kier molecular flexibility index (Phi) is 4.30. The molecule has 134 valence electrons. The summed E-state index contributed by atoms with van der Waals surface area (Å²) in [6, 6.07) is 2.91. The van der Waals surface area contributed by atoms with Gasteiger partial charge in [0.1, 0.15) is 11.4 Å². The normalized spacial score (nSPS) is 11.0. The van der Waals surface area contributed by atoms with E-state index in [9.17, 15) is 9.65 Å². The number of hydrogen-bond donors (Lipinski definition) is 0. The molecule has 4 rings (SSSR count). The van der Waals surface area contributed by atoms with Crippen LogP contribution in [0.3, 0.4) is 0 Å². The lowest BCUT2D eigenvalue weighted by molar-refractivity contribution is -0.601. The molecule has 0 spiro atoms. The highest BCUT2D eigenvalue weighted by Crippen LogP contribution is 2.20. The van der Waals surface area contributed by atoms with Crippen molar-refractivity contribution in [3.05, 3.63) is 60.5 Å². The van der Waals surface area contributed by atoms with Gasteiger partial charge < -0.3 is 4.57 Å². The molecule has 0 aliphatic heterocycles. The van der Waals surface area contributed by atoms with E-state index in [0.717, 1.165) is 24.1 Å². The van der Waals surface area contributed by atoms with Crippen LogP contribution in [0.4, 0.5) is 4.39 Å². The van der Waals surface area contributed by atoms with Crippen molar-refractivity contribution in [2.45, 2.75) is 26.3 Å². The molecule has 9 heteroatoms. The lowest BCUT2D eigenvalue weighted by Crippen LogP contribution is -2.32. The van der Waals surface area contributed by atoms with Crippen molar-refractivity contribution >= 4 is 5.65 Å². The number of aromatic nitrogens is 7. The molecule has 0 unspecified atom stereocenters. The van der Waals surface area contributed by atoms with E-state index in [1.165, 1.54) is 23.3 Å². The van der Waals surface area contributed by atoms with Crippen LogP contribution in [0.25, 0.3) is 17.2 Å². The van der Waals surface area contributed by atoms with Crippen molar-refractivity contribution in [3.8, 4) is 17.7 Å². The van der Waals surface area contributed by atoms with Gasteiger partial charge in [0.2, 0.25) is 18.8 Å². The van der Waals surface area contributed by atoms with E-state index in [2.05, 4.69) is 26.9 Å². The van der Waals surface area contributed by atoms with E-state index >= 15 is 0 Å². The second kappa shape index (κ2) is 6.92. The van der Waals surface area contributed by atoms with Crippen LogP contribution in [0.5, 0.6) is 0 Å². The third-order valence-corrected chi connectivity index (χ3v) is 4.29. The Morgan fingerprint density at radius 2 is 2.11 bits per heavy atom. The smallest absolute Gasteiger partial charge is 0.294 e. The van der Waals surface area contributed by atoms with Gasteiger partial charge in [0.25, 0.3) is 5.65 Å². The topological polar surface area (TPSA) is 89.3 Å². The van der Waals surface area contributed by atoms with Gasteiger partial charge in [-0.05, 0) is 18.6 Å². The van der Waals surface area contributed by atoms with Crippen molar-refractivity contribution in [2.75, 3.05) is 0 Å². The molecule has 0 saturated heterocycles. The Morgan fingerprint density at radius 1 is 1.22 bits per heavy atom. The number of imidazole rings is 1. The quantitative estimate of drug-likeness (QED) is 0.504. The molecule has 0 aromatic carbocycles. The van der Waals surface area contributed by atoms with Gasteiger partial charge in [-0.2, -0.15) is 5.26 Å². The van der Waals surface area contributed by atoms with E-state index in [1.54, 1.807) is 29.3 Å². The van der Waals surface area contributed by atoms with Crippen LogP contribution in [0, 0.1) is 17.3 Å². The van der Waals surface area contributed by atoms with Crippen LogP contribution in [0.2, 0.25) is 0 Å². The fourth-order valence-corrected chi connectivity index (χ4v) is 3.07. The Labute approximate surface area is 154 Å². The first-order chi connectivity index (χ1) is 13.2. The SMILES string of the molecule is CCCc1c(Cn2ccnc2-c2ncccc2F)nc[n+]2c1ncn2C#N. The van der Waals surface area contributed by atoms with Gasteiger partial charge in [-0.1, -0.05) is 18.3 Å². The first kappa shape index (κ1) is 16.8. The first-order valence-electron chi connectivity index (χ1n) is 8.50. The summed E-state index contributed by atoms with van der Waals surface area (Å²) in [5.41, 5.74) is 2.64. The lowest BCUT2D eigenvalue weighted by Gasteiger charge is -2.08. The summed E-state index contributed by atoms with van der Waals surface area (Å²) < 4.78 is 18.9. The van der Waals surface area contributed by atoms with E-state index in [4.69, 9.17) is 0 Å². The van der Waals surface area contributed by atoms with Crippen LogP contribution in [-0.2, 0) is 13.0 Å². The molecule has 0 saturated carbocycles. The van der Waals surface area contributed by atoms with Crippen molar-refractivity contribution in [1.82, 2.24) is 29.2 Å². The molecule has 4 aromatic rings. The summed E-state index contributed by atoms with van der Waals surface area (Å²) in [4.78, 5) is 17.3. The molecule has 0 atom stereocenters. The predicted molar refractivity (Wildman–Crippen MR) is 92.7 cm³/mol. The molecule has 0 fully saturated rings. The number of halogens is 1. The third kappa shape index (κ3) is 2.91. The molecule has 0 N–H and O–H groups in total. The number of aryl methyl sites for hydroxylation is 1. The van der Waals surface area contributed by atoms with Crippen LogP contribution in [0.15, 0.2) is 43.4 Å². The van der Waals surface area contributed by atoms with Gasteiger partial charge in [0.15, 0.2) is 11.6 Å². The molecule has 27 heavy (non-hydrogen) atoms. The first-order valence-corrected chi connectivity index (χ1v) is 8.50. The lowest BCUT2D eigenvalue weighted by atomic mass is 10.1. The summed E-state index contributed by atoms with van der Waals surface area (Å²) in [5, 5.41) is 9.18.